The molecule has 0 saturated heterocycles. The van der Waals surface area contributed by atoms with Gasteiger partial charge in [0.25, 0.3) is 0 Å². The number of rotatable bonds is 4. The number of hydrogen-bond acceptors (Lipinski definition) is 1. The summed E-state index contributed by atoms with van der Waals surface area (Å²) in [6.45, 7) is 1.64. The topological polar surface area (TPSA) is 30.9 Å². The molecule has 1 aromatic carbocycles. The Bertz CT molecular complexity index is 403. The van der Waals surface area contributed by atoms with E-state index in [1.54, 1.807) is 0 Å². The van der Waals surface area contributed by atoms with Crippen LogP contribution < -0.4 is 5.73 Å². The van der Waals surface area contributed by atoms with E-state index in [9.17, 15) is 0 Å². The molecule has 0 bridgehead atoms. The lowest BCUT2D eigenvalue weighted by molar-refractivity contribution is 0.736. The van der Waals surface area contributed by atoms with Gasteiger partial charge < -0.3 is 10.3 Å². The van der Waals surface area contributed by atoms with Crippen molar-refractivity contribution in [2.45, 2.75) is 13.0 Å². The first-order valence-electron chi connectivity index (χ1n) is 5.28. The fourth-order valence-corrected chi connectivity index (χ4v) is 1.76. The molecule has 2 rings (SSSR count). The highest BCUT2D eigenvalue weighted by molar-refractivity contribution is 5.17. The molecule has 78 valence electrons. The summed E-state index contributed by atoms with van der Waals surface area (Å²) in [4.78, 5) is 0. The van der Waals surface area contributed by atoms with Gasteiger partial charge in [-0.05, 0) is 30.7 Å². The van der Waals surface area contributed by atoms with Crippen LogP contribution in [-0.4, -0.2) is 11.1 Å². The Morgan fingerprint density at radius 3 is 2.53 bits per heavy atom. The molecule has 1 heterocycles. The molecule has 2 nitrogen and oxygen atoms in total. The molecule has 0 saturated carbocycles. The smallest absolute Gasteiger partial charge is 0.0472 e. The zero-order valence-electron chi connectivity index (χ0n) is 8.76. The van der Waals surface area contributed by atoms with Crippen LogP contribution in [0.2, 0.25) is 0 Å². The Hall–Kier alpha value is -1.54. The number of nitrogens with two attached hydrogens (primary N) is 1. The zero-order chi connectivity index (χ0) is 10.5. The summed E-state index contributed by atoms with van der Waals surface area (Å²) in [5.41, 5.74) is 8.20. The summed E-state index contributed by atoms with van der Waals surface area (Å²) < 4.78 is 2.25. The highest BCUT2D eigenvalue weighted by atomic mass is 15.0. The number of hydrogen-bond donors (Lipinski definition) is 1. The van der Waals surface area contributed by atoms with Gasteiger partial charge in [0, 0.05) is 18.4 Å². The monoisotopic (exact) mass is 200 g/mol. The van der Waals surface area contributed by atoms with Crippen LogP contribution in [0.1, 0.15) is 11.3 Å². The van der Waals surface area contributed by atoms with Gasteiger partial charge in [0.1, 0.15) is 0 Å². The van der Waals surface area contributed by atoms with Gasteiger partial charge in [-0.15, -0.1) is 0 Å². The molecule has 0 radical (unpaired) electrons. The summed E-state index contributed by atoms with van der Waals surface area (Å²) in [5.74, 6) is 0. The Labute approximate surface area is 90.3 Å². The number of benzene rings is 1. The van der Waals surface area contributed by atoms with Gasteiger partial charge in [0.05, 0.1) is 0 Å². The van der Waals surface area contributed by atoms with Crippen molar-refractivity contribution in [1.29, 1.82) is 0 Å². The Morgan fingerprint density at radius 1 is 1.00 bits per heavy atom. The molecule has 0 amide bonds. The second-order valence-electron chi connectivity index (χ2n) is 3.65. The second-order valence-corrected chi connectivity index (χ2v) is 3.65. The average molecular weight is 200 g/mol. The van der Waals surface area contributed by atoms with Crippen LogP contribution in [0.25, 0.3) is 0 Å². The van der Waals surface area contributed by atoms with Crippen molar-refractivity contribution in [2.75, 3.05) is 6.54 Å². The number of nitrogens with zero attached hydrogens (tertiary/aromatic N) is 1. The zero-order valence-corrected chi connectivity index (χ0v) is 8.76. The molecular weight excluding hydrogens is 184 g/mol. The minimum absolute atomic E-state index is 0.707. The molecule has 0 aliphatic heterocycles. The lowest BCUT2D eigenvalue weighted by Crippen LogP contribution is -2.09. The van der Waals surface area contributed by atoms with Crippen molar-refractivity contribution in [1.82, 2.24) is 4.57 Å². The maximum atomic E-state index is 5.57. The van der Waals surface area contributed by atoms with Crippen molar-refractivity contribution in [2.24, 2.45) is 5.73 Å². The van der Waals surface area contributed by atoms with Crippen molar-refractivity contribution < 1.29 is 0 Å². The third kappa shape index (κ3) is 2.48. The summed E-state index contributed by atoms with van der Waals surface area (Å²) in [6, 6.07) is 14.7. The average Bonchev–Trinajstić information content (AvgIpc) is 2.68. The molecule has 0 spiro atoms. The predicted molar refractivity (Wildman–Crippen MR) is 62.7 cm³/mol. The lowest BCUT2D eigenvalue weighted by atomic mass is 10.2. The van der Waals surface area contributed by atoms with E-state index in [0.29, 0.717) is 6.54 Å². The third-order valence-electron chi connectivity index (χ3n) is 2.52. The fraction of sp³-hybridized carbons (Fsp3) is 0.231. The van der Waals surface area contributed by atoms with Gasteiger partial charge in [0.2, 0.25) is 0 Å². The quantitative estimate of drug-likeness (QED) is 0.804. The molecule has 1 aromatic heterocycles. The van der Waals surface area contributed by atoms with Crippen LogP contribution in [0.4, 0.5) is 0 Å². The van der Waals surface area contributed by atoms with Crippen LogP contribution >= 0.6 is 0 Å². The standard InChI is InChI=1S/C13H16N2/c14-9-8-13-7-4-10-15(13)11-12-5-2-1-3-6-12/h1-7,10H,8-9,11,14H2. The van der Waals surface area contributed by atoms with E-state index in [0.717, 1.165) is 13.0 Å². The van der Waals surface area contributed by atoms with Crippen molar-refractivity contribution in [3.05, 3.63) is 59.9 Å². The van der Waals surface area contributed by atoms with Crippen molar-refractivity contribution in [3.8, 4) is 0 Å². The molecule has 2 aromatic rings. The van der Waals surface area contributed by atoms with E-state index in [4.69, 9.17) is 5.73 Å². The summed E-state index contributed by atoms with van der Waals surface area (Å²) in [5, 5.41) is 0. The van der Waals surface area contributed by atoms with Gasteiger partial charge in [0.15, 0.2) is 0 Å². The highest BCUT2D eigenvalue weighted by Crippen LogP contribution is 2.07. The maximum Gasteiger partial charge on any atom is 0.0472 e. The Morgan fingerprint density at radius 2 is 1.80 bits per heavy atom. The maximum absolute atomic E-state index is 5.57. The first kappa shape index (κ1) is 9.99. The minimum Gasteiger partial charge on any atom is -0.347 e. The van der Waals surface area contributed by atoms with Gasteiger partial charge in [-0.3, -0.25) is 0 Å². The molecule has 2 heteroatoms. The van der Waals surface area contributed by atoms with Crippen molar-refractivity contribution in [3.63, 3.8) is 0 Å². The molecular formula is C13H16N2. The van der Waals surface area contributed by atoms with Crippen LogP contribution in [-0.2, 0) is 13.0 Å². The van der Waals surface area contributed by atoms with Crippen LogP contribution in [0.5, 0.6) is 0 Å². The second kappa shape index (κ2) is 4.80. The molecule has 0 fully saturated rings. The lowest BCUT2D eigenvalue weighted by Gasteiger charge is -2.08. The molecule has 0 aliphatic carbocycles. The molecule has 0 unspecified atom stereocenters. The van der Waals surface area contributed by atoms with Crippen molar-refractivity contribution >= 4 is 0 Å². The highest BCUT2D eigenvalue weighted by Gasteiger charge is 2.00. The molecule has 2 N–H and O–H groups in total. The molecule has 0 aliphatic rings. The summed E-state index contributed by atoms with van der Waals surface area (Å²) in [7, 11) is 0. The van der Waals surface area contributed by atoms with E-state index in [-0.39, 0.29) is 0 Å². The first-order valence-corrected chi connectivity index (χ1v) is 5.28. The Kier molecular flexibility index (Phi) is 3.20. The summed E-state index contributed by atoms with van der Waals surface area (Å²) in [6.07, 6.45) is 3.05. The van der Waals surface area contributed by atoms with Crippen LogP contribution in [0, 0.1) is 0 Å². The largest absolute Gasteiger partial charge is 0.347 e. The predicted octanol–water partition coefficient (Wildman–Crippen LogP) is 2.04. The normalized spacial score (nSPS) is 10.5. The molecule has 0 atom stereocenters. The van der Waals surface area contributed by atoms with Gasteiger partial charge in [-0.2, -0.15) is 0 Å². The Balaban J connectivity index is 2.14. The number of aromatic nitrogens is 1. The summed E-state index contributed by atoms with van der Waals surface area (Å²) >= 11 is 0. The van der Waals surface area contributed by atoms with Gasteiger partial charge in [-0.25, -0.2) is 0 Å². The van der Waals surface area contributed by atoms with Crippen LogP contribution in [0.3, 0.4) is 0 Å². The van der Waals surface area contributed by atoms with E-state index in [1.165, 1.54) is 11.3 Å². The van der Waals surface area contributed by atoms with Gasteiger partial charge in [-0.1, -0.05) is 30.3 Å². The van der Waals surface area contributed by atoms with E-state index in [1.807, 2.05) is 6.07 Å². The first-order chi connectivity index (χ1) is 7.40. The third-order valence-corrected chi connectivity index (χ3v) is 2.52. The fourth-order valence-electron chi connectivity index (χ4n) is 1.76. The van der Waals surface area contributed by atoms with E-state index in [2.05, 4.69) is 47.2 Å². The molecule has 15 heavy (non-hydrogen) atoms. The minimum atomic E-state index is 0.707. The van der Waals surface area contributed by atoms with Gasteiger partial charge >= 0.3 is 0 Å². The van der Waals surface area contributed by atoms with Crippen LogP contribution in [0.15, 0.2) is 48.7 Å². The SMILES string of the molecule is NCCc1cccn1Cc1ccccc1. The van der Waals surface area contributed by atoms with E-state index >= 15 is 0 Å². The van der Waals surface area contributed by atoms with E-state index < -0.39 is 0 Å².